The normalized spacial score (nSPS) is 10.9. The highest BCUT2D eigenvalue weighted by atomic mass is 16.5. The van der Waals surface area contributed by atoms with E-state index in [0.717, 1.165) is 31.1 Å². The summed E-state index contributed by atoms with van der Waals surface area (Å²) in [5, 5.41) is 3.42. The molecule has 3 nitrogen and oxygen atoms in total. The van der Waals surface area contributed by atoms with Crippen molar-refractivity contribution in [3.63, 3.8) is 0 Å². The van der Waals surface area contributed by atoms with Crippen LogP contribution in [0.15, 0.2) is 18.2 Å². The summed E-state index contributed by atoms with van der Waals surface area (Å²) in [6.45, 7) is 10.8. The Hall–Kier alpha value is -1.22. The Morgan fingerprint density at radius 2 is 1.81 bits per heavy atom. The van der Waals surface area contributed by atoms with E-state index in [1.165, 1.54) is 24.8 Å². The fourth-order valence-electron chi connectivity index (χ4n) is 2.08. The van der Waals surface area contributed by atoms with E-state index in [1.54, 1.807) is 0 Å². The van der Waals surface area contributed by atoms with Crippen molar-refractivity contribution in [2.75, 3.05) is 13.2 Å². The first-order valence-electron chi connectivity index (χ1n) is 8.29. The maximum Gasteiger partial charge on any atom is 0.161 e. The van der Waals surface area contributed by atoms with Crippen LogP contribution in [-0.2, 0) is 6.54 Å². The molecule has 0 saturated carbocycles. The maximum absolute atomic E-state index is 5.87. The molecule has 0 aliphatic heterocycles. The van der Waals surface area contributed by atoms with Crippen molar-refractivity contribution in [1.82, 2.24) is 5.32 Å². The van der Waals surface area contributed by atoms with Crippen molar-refractivity contribution in [3.8, 4) is 11.5 Å². The van der Waals surface area contributed by atoms with Crippen molar-refractivity contribution in [1.29, 1.82) is 0 Å². The molecule has 1 aromatic carbocycles. The van der Waals surface area contributed by atoms with E-state index in [2.05, 4.69) is 38.2 Å². The summed E-state index contributed by atoms with van der Waals surface area (Å²) >= 11 is 0. The van der Waals surface area contributed by atoms with E-state index in [-0.39, 0.29) is 0 Å². The molecule has 1 aromatic rings. The Labute approximate surface area is 130 Å². The smallest absolute Gasteiger partial charge is 0.161 e. The average Bonchev–Trinajstić information content (AvgIpc) is 2.47. The molecule has 0 unspecified atom stereocenters. The van der Waals surface area contributed by atoms with Crippen molar-refractivity contribution in [2.24, 2.45) is 0 Å². The zero-order valence-electron chi connectivity index (χ0n) is 14.1. The lowest BCUT2D eigenvalue weighted by molar-refractivity contribution is 0.270. The van der Waals surface area contributed by atoms with Crippen LogP contribution in [0.4, 0.5) is 0 Å². The molecule has 0 saturated heterocycles. The third kappa shape index (κ3) is 7.37. The van der Waals surface area contributed by atoms with Gasteiger partial charge in [-0.3, -0.25) is 0 Å². The Balaban J connectivity index is 2.56. The summed E-state index contributed by atoms with van der Waals surface area (Å²) in [7, 11) is 0. The van der Waals surface area contributed by atoms with Gasteiger partial charge in [0.2, 0.25) is 0 Å². The number of nitrogens with one attached hydrogen (secondary N) is 1. The third-order valence-electron chi connectivity index (χ3n) is 3.28. The third-order valence-corrected chi connectivity index (χ3v) is 3.28. The standard InChI is InChI=1S/C18H31NO2/c1-5-7-8-9-12-21-17-11-10-16(14-19-15(3)4)13-18(17)20-6-2/h10-11,13,15,19H,5-9,12,14H2,1-4H3. The minimum Gasteiger partial charge on any atom is -0.490 e. The molecular formula is C18H31NO2. The van der Waals surface area contributed by atoms with Gasteiger partial charge in [0.1, 0.15) is 0 Å². The number of unbranched alkanes of at least 4 members (excludes halogenated alkanes) is 3. The van der Waals surface area contributed by atoms with Gasteiger partial charge in [-0.05, 0) is 31.0 Å². The van der Waals surface area contributed by atoms with Crippen LogP contribution in [0.25, 0.3) is 0 Å². The zero-order valence-corrected chi connectivity index (χ0v) is 14.1. The van der Waals surface area contributed by atoms with E-state index >= 15 is 0 Å². The van der Waals surface area contributed by atoms with Crippen LogP contribution < -0.4 is 14.8 Å². The van der Waals surface area contributed by atoms with Crippen molar-refractivity contribution < 1.29 is 9.47 Å². The molecule has 1 N–H and O–H groups in total. The van der Waals surface area contributed by atoms with Gasteiger partial charge in [0.15, 0.2) is 11.5 Å². The first-order valence-corrected chi connectivity index (χ1v) is 8.29. The molecule has 0 heterocycles. The van der Waals surface area contributed by atoms with Crippen LogP contribution in [0.5, 0.6) is 11.5 Å². The van der Waals surface area contributed by atoms with Crippen LogP contribution >= 0.6 is 0 Å². The predicted molar refractivity (Wildman–Crippen MR) is 89.2 cm³/mol. The summed E-state index contributed by atoms with van der Waals surface area (Å²) in [4.78, 5) is 0. The van der Waals surface area contributed by atoms with Crippen molar-refractivity contribution >= 4 is 0 Å². The van der Waals surface area contributed by atoms with E-state index in [0.29, 0.717) is 12.6 Å². The lowest BCUT2D eigenvalue weighted by atomic mass is 10.2. The average molecular weight is 293 g/mol. The first kappa shape index (κ1) is 17.8. The van der Waals surface area contributed by atoms with Crippen molar-refractivity contribution in [3.05, 3.63) is 23.8 Å². The highest BCUT2D eigenvalue weighted by Crippen LogP contribution is 2.28. The minimum absolute atomic E-state index is 0.482. The molecule has 3 heteroatoms. The molecule has 0 aliphatic carbocycles. The molecule has 0 radical (unpaired) electrons. The Morgan fingerprint density at radius 3 is 2.48 bits per heavy atom. The van der Waals surface area contributed by atoms with Gasteiger partial charge in [-0.15, -0.1) is 0 Å². The molecular weight excluding hydrogens is 262 g/mol. The fourth-order valence-corrected chi connectivity index (χ4v) is 2.08. The lowest BCUT2D eigenvalue weighted by Crippen LogP contribution is -2.21. The molecule has 0 amide bonds. The minimum atomic E-state index is 0.482. The highest BCUT2D eigenvalue weighted by Gasteiger charge is 2.07. The van der Waals surface area contributed by atoms with Gasteiger partial charge in [0.25, 0.3) is 0 Å². The van der Waals surface area contributed by atoms with E-state index in [9.17, 15) is 0 Å². The molecule has 0 aromatic heterocycles. The number of rotatable bonds is 11. The molecule has 0 fully saturated rings. The summed E-state index contributed by atoms with van der Waals surface area (Å²) in [5.74, 6) is 1.72. The molecule has 21 heavy (non-hydrogen) atoms. The second-order valence-corrected chi connectivity index (χ2v) is 5.66. The molecule has 1 rings (SSSR count). The van der Waals surface area contributed by atoms with Gasteiger partial charge in [0.05, 0.1) is 13.2 Å². The monoisotopic (exact) mass is 293 g/mol. The van der Waals surface area contributed by atoms with Gasteiger partial charge >= 0.3 is 0 Å². The van der Waals surface area contributed by atoms with Gasteiger partial charge in [-0.25, -0.2) is 0 Å². The number of hydrogen-bond acceptors (Lipinski definition) is 3. The SMILES string of the molecule is CCCCCCOc1ccc(CNC(C)C)cc1OCC. The largest absolute Gasteiger partial charge is 0.490 e. The quantitative estimate of drug-likeness (QED) is 0.607. The molecule has 0 aliphatic rings. The van der Waals surface area contributed by atoms with Gasteiger partial charge in [-0.2, -0.15) is 0 Å². The molecule has 0 bridgehead atoms. The molecule has 0 spiro atoms. The number of benzene rings is 1. The van der Waals surface area contributed by atoms with Gasteiger partial charge < -0.3 is 14.8 Å². The van der Waals surface area contributed by atoms with Crippen LogP contribution in [0.3, 0.4) is 0 Å². The van der Waals surface area contributed by atoms with Crippen molar-refractivity contribution in [2.45, 2.75) is 66.0 Å². The maximum atomic E-state index is 5.87. The van der Waals surface area contributed by atoms with E-state index < -0.39 is 0 Å². The van der Waals surface area contributed by atoms with E-state index in [1.807, 2.05) is 13.0 Å². The summed E-state index contributed by atoms with van der Waals surface area (Å²) in [6, 6.07) is 6.71. The first-order chi connectivity index (χ1) is 10.2. The molecule has 0 atom stereocenters. The van der Waals surface area contributed by atoms with Crippen LogP contribution in [0, 0.1) is 0 Å². The number of ether oxygens (including phenoxy) is 2. The molecule has 120 valence electrons. The Bertz CT molecular complexity index is 391. The van der Waals surface area contributed by atoms with Crippen LogP contribution in [0.1, 0.15) is 58.9 Å². The second kappa shape index (κ2) is 10.5. The number of hydrogen-bond donors (Lipinski definition) is 1. The zero-order chi connectivity index (χ0) is 15.5. The fraction of sp³-hybridized carbons (Fsp3) is 0.667. The summed E-state index contributed by atoms with van der Waals surface area (Å²) in [6.07, 6.45) is 4.87. The van der Waals surface area contributed by atoms with Gasteiger partial charge in [-0.1, -0.05) is 46.1 Å². The predicted octanol–water partition coefficient (Wildman–Crippen LogP) is 4.54. The summed E-state index contributed by atoms with van der Waals surface area (Å²) in [5.41, 5.74) is 1.23. The Morgan fingerprint density at radius 1 is 1.00 bits per heavy atom. The van der Waals surface area contributed by atoms with E-state index in [4.69, 9.17) is 9.47 Å². The topological polar surface area (TPSA) is 30.5 Å². The summed E-state index contributed by atoms with van der Waals surface area (Å²) < 4.78 is 11.6. The van der Waals surface area contributed by atoms with Crippen LogP contribution in [-0.4, -0.2) is 19.3 Å². The van der Waals surface area contributed by atoms with Crippen LogP contribution in [0.2, 0.25) is 0 Å². The highest BCUT2D eigenvalue weighted by molar-refractivity contribution is 5.43. The second-order valence-electron chi connectivity index (χ2n) is 5.66. The lowest BCUT2D eigenvalue weighted by Gasteiger charge is -2.14. The van der Waals surface area contributed by atoms with Gasteiger partial charge in [0, 0.05) is 12.6 Å². The Kier molecular flexibility index (Phi) is 8.91.